The van der Waals surface area contributed by atoms with Crippen molar-refractivity contribution in [2.45, 2.75) is 79.1 Å². The van der Waals surface area contributed by atoms with Crippen LogP contribution in [0.1, 0.15) is 77.3 Å². The van der Waals surface area contributed by atoms with E-state index in [9.17, 15) is 30.0 Å². The van der Waals surface area contributed by atoms with Gasteiger partial charge in [0.1, 0.15) is 11.5 Å². The number of benzene rings is 1. The first-order valence-corrected chi connectivity index (χ1v) is 9.87. The third-order valence-electron chi connectivity index (χ3n) is 5.44. The third kappa shape index (κ3) is 7.06. The molecule has 0 aliphatic heterocycles. The Morgan fingerprint density at radius 3 is 1.71 bits per heavy atom. The maximum absolute atomic E-state index is 11.2. The van der Waals surface area contributed by atoms with Gasteiger partial charge in [-0.25, -0.2) is 0 Å². The molecule has 1 aromatic carbocycles. The van der Waals surface area contributed by atoms with Crippen LogP contribution in [-0.4, -0.2) is 32.4 Å². The van der Waals surface area contributed by atoms with Gasteiger partial charge in [0.2, 0.25) is 0 Å². The molecular formula is C22H34O6. The summed E-state index contributed by atoms with van der Waals surface area (Å²) in [6.45, 7) is 6.83. The number of aromatic hydroxyl groups is 2. The van der Waals surface area contributed by atoms with E-state index in [1.807, 2.05) is 0 Å². The largest absolute Gasteiger partial charge is 0.508 e. The van der Waals surface area contributed by atoms with E-state index in [-0.39, 0.29) is 11.5 Å². The third-order valence-corrected chi connectivity index (χ3v) is 5.44. The Kier molecular flexibility index (Phi) is 8.33. The highest BCUT2D eigenvalue weighted by Crippen LogP contribution is 2.32. The Bertz CT molecular complexity index is 691. The molecule has 0 bridgehead atoms. The van der Waals surface area contributed by atoms with Crippen molar-refractivity contribution in [2.75, 3.05) is 0 Å². The molecule has 6 nitrogen and oxygen atoms in total. The second-order valence-electron chi connectivity index (χ2n) is 8.89. The van der Waals surface area contributed by atoms with Gasteiger partial charge in [-0.2, -0.15) is 0 Å². The van der Waals surface area contributed by atoms with E-state index in [0.717, 1.165) is 36.8 Å². The minimum atomic E-state index is -0.815. The first-order chi connectivity index (χ1) is 12.9. The van der Waals surface area contributed by atoms with Gasteiger partial charge >= 0.3 is 11.9 Å². The van der Waals surface area contributed by atoms with Gasteiger partial charge in [0.25, 0.3) is 0 Å². The van der Waals surface area contributed by atoms with Crippen LogP contribution < -0.4 is 0 Å². The molecule has 0 saturated heterocycles. The molecule has 1 aromatic rings. The molecule has 6 heteroatoms. The first kappa shape index (κ1) is 23.8. The number of carboxylic acid groups (broad SMARTS) is 2. The normalized spacial score (nSPS) is 12.1. The molecule has 0 amide bonds. The molecular weight excluding hydrogens is 360 g/mol. The molecule has 28 heavy (non-hydrogen) atoms. The van der Waals surface area contributed by atoms with Gasteiger partial charge in [-0.05, 0) is 83.4 Å². The molecule has 0 radical (unpaired) electrons. The Hall–Kier alpha value is -2.24. The lowest BCUT2D eigenvalue weighted by atomic mass is 9.85. The topological polar surface area (TPSA) is 115 Å². The van der Waals surface area contributed by atoms with Crippen LogP contribution in [-0.2, 0) is 22.4 Å². The highest BCUT2D eigenvalue weighted by atomic mass is 16.4. The average molecular weight is 395 g/mol. The van der Waals surface area contributed by atoms with Gasteiger partial charge in [-0.3, -0.25) is 9.59 Å². The average Bonchev–Trinajstić information content (AvgIpc) is 2.56. The lowest BCUT2D eigenvalue weighted by Gasteiger charge is -2.19. The van der Waals surface area contributed by atoms with Crippen LogP contribution in [0.5, 0.6) is 11.5 Å². The molecule has 0 fully saturated rings. The number of carboxylic acids is 2. The van der Waals surface area contributed by atoms with Gasteiger partial charge in [-0.1, -0.05) is 12.8 Å². The van der Waals surface area contributed by atoms with Crippen LogP contribution in [0.2, 0.25) is 0 Å². The molecule has 0 aliphatic carbocycles. The summed E-state index contributed by atoms with van der Waals surface area (Å²) in [7, 11) is 0. The first-order valence-electron chi connectivity index (χ1n) is 9.87. The van der Waals surface area contributed by atoms with Crippen molar-refractivity contribution >= 4 is 11.9 Å². The molecule has 0 spiro atoms. The zero-order valence-corrected chi connectivity index (χ0v) is 17.4. The quantitative estimate of drug-likeness (QED) is 0.380. The summed E-state index contributed by atoms with van der Waals surface area (Å²) in [5.41, 5.74) is 0.115. The fraction of sp³-hybridized carbons (Fsp3) is 0.636. The summed E-state index contributed by atoms with van der Waals surface area (Å²) in [5, 5.41) is 38.4. The molecule has 0 aromatic heterocycles. The van der Waals surface area contributed by atoms with E-state index in [1.54, 1.807) is 33.8 Å². The van der Waals surface area contributed by atoms with E-state index in [0.29, 0.717) is 25.7 Å². The van der Waals surface area contributed by atoms with Crippen LogP contribution in [0.3, 0.4) is 0 Å². The number of aliphatic carboxylic acids is 2. The van der Waals surface area contributed by atoms with Crippen molar-refractivity contribution in [3.63, 3.8) is 0 Å². The minimum absolute atomic E-state index is 0.00845. The van der Waals surface area contributed by atoms with E-state index >= 15 is 0 Å². The molecule has 0 aliphatic rings. The summed E-state index contributed by atoms with van der Waals surface area (Å²) in [4.78, 5) is 22.4. The monoisotopic (exact) mass is 394 g/mol. The second-order valence-corrected chi connectivity index (χ2v) is 8.89. The number of phenols is 2. The van der Waals surface area contributed by atoms with E-state index in [2.05, 4.69) is 0 Å². The zero-order chi connectivity index (χ0) is 21.5. The van der Waals surface area contributed by atoms with E-state index < -0.39 is 22.8 Å². The fourth-order valence-electron chi connectivity index (χ4n) is 3.18. The highest BCUT2D eigenvalue weighted by Gasteiger charge is 2.27. The van der Waals surface area contributed by atoms with Gasteiger partial charge in [-0.15, -0.1) is 0 Å². The summed E-state index contributed by atoms with van der Waals surface area (Å²) in [5.74, 6) is -1.56. The van der Waals surface area contributed by atoms with Gasteiger partial charge in [0.15, 0.2) is 0 Å². The van der Waals surface area contributed by atoms with Crippen molar-refractivity contribution < 1.29 is 30.0 Å². The second kappa shape index (κ2) is 9.80. The minimum Gasteiger partial charge on any atom is -0.508 e. The highest BCUT2D eigenvalue weighted by molar-refractivity contribution is 5.73. The summed E-state index contributed by atoms with van der Waals surface area (Å²) < 4.78 is 0. The van der Waals surface area contributed by atoms with Crippen LogP contribution >= 0.6 is 0 Å². The van der Waals surface area contributed by atoms with Crippen LogP contribution in [0, 0.1) is 10.8 Å². The summed E-state index contributed by atoms with van der Waals surface area (Å²) >= 11 is 0. The molecule has 158 valence electrons. The number of hydrogen-bond acceptors (Lipinski definition) is 4. The maximum Gasteiger partial charge on any atom is 0.309 e. The Labute approximate surface area is 167 Å². The predicted molar refractivity (Wildman–Crippen MR) is 108 cm³/mol. The van der Waals surface area contributed by atoms with Gasteiger partial charge in [0, 0.05) is 6.07 Å². The van der Waals surface area contributed by atoms with E-state index in [1.165, 1.54) is 6.07 Å². The number of rotatable bonds is 12. The van der Waals surface area contributed by atoms with Crippen LogP contribution in [0.4, 0.5) is 0 Å². The van der Waals surface area contributed by atoms with Crippen molar-refractivity contribution in [2.24, 2.45) is 10.8 Å². The Morgan fingerprint density at radius 1 is 0.786 bits per heavy atom. The van der Waals surface area contributed by atoms with Gasteiger partial charge in [0.05, 0.1) is 10.8 Å². The van der Waals surface area contributed by atoms with Crippen molar-refractivity contribution in [1.29, 1.82) is 0 Å². The summed E-state index contributed by atoms with van der Waals surface area (Å²) in [6.07, 6.45) is 5.35. The number of phenolic OH excluding ortho intramolecular Hbond substituents is 2. The maximum atomic E-state index is 11.2. The lowest BCUT2D eigenvalue weighted by molar-refractivity contribution is -0.148. The molecule has 1 rings (SSSR count). The SMILES string of the molecule is CC(C)(CCCCc1cc(O)cc(O)c1CCCCC(C)(C)C(=O)O)C(=O)O. The molecule has 0 saturated carbocycles. The molecule has 4 N–H and O–H groups in total. The predicted octanol–water partition coefficient (Wildman–Crippen LogP) is 4.75. The van der Waals surface area contributed by atoms with Crippen LogP contribution in [0.25, 0.3) is 0 Å². The molecule has 0 heterocycles. The van der Waals surface area contributed by atoms with Crippen molar-refractivity contribution in [1.82, 2.24) is 0 Å². The number of unbranched alkanes of at least 4 members (excludes halogenated alkanes) is 2. The summed E-state index contributed by atoms with van der Waals surface area (Å²) in [6, 6.07) is 2.98. The van der Waals surface area contributed by atoms with E-state index in [4.69, 9.17) is 0 Å². The van der Waals surface area contributed by atoms with Crippen LogP contribution in [0.15, 0.2) is 12.1 Å². The molecule has 0 atom stereocenters. The number of carbonyl (C=O) groups is 2. The fourth-order valence-corrected chi connectivity index (χ4v) is 3.18. The smallest absolute Gasteiger partial charge is 0.309 e. The Morgan fingerprint density at radius 2 is 1.25 bits per heavy atom. The number of aryl methyl sites for hydroxylation is 1. The standard InChI is InChI=1S/C22H34O6/c1-21(2,19(25)26)11-7-5-9-15-13-16(23)14-18(24)17(15)10-6-8-12-22(3,4)20(27)28/h13-14,23-24H,5-12H2,1-4H3,(H,25,26)(H,27,28). The zero-order valence-electron chi connectivity index (χ0n) is 17.4. The van der Waals surface area contributed by atoms with Gasteiger partial charge < -0.3 is 20.4 Å². The lowest BCUT2D eigenvalue weighted by Crippen LogP contribution is -2.23. The van der Waals surface area contributed by atoms with Crippen molar-refractivity contribution in [3.05, 3.63) is 23.3 Å². The number of hydrogen-bond donors (Lipinski definition) is 4. The molecule has 0 unspecified atom stereocenters. The Balaban J connectivity index is 2.67. The van der Waals surface area contributed by atoms with Crippen molar-refractivity contribution in [3.8, 4) is 11.5 Å².